The molecule has 0 unspecified atom stereocenters. The third-order valence-corrected chi connectivity index (χ3v) is 4.70. The lowest BCUT2D eigenvalue weighted by molar-refractivity contribution is -0.0498. The number of hydrogen-bond acceptors (Lipinski definition) is 6. The van der Waals surface area contributed by atoms with Crippen LogP contribution in [0.2, 0.25) is 0 Å². The van der Waals surface area contributed by atoms with Gasteiger partial charge < -0.3 is 24.6 Å². The lowest BCUT2D eigenvalue weighted by Crippen LogP contribution is -2.38. The van der Waals surface area contributed by atoms with E-state index in [9.17, 15) is 18.4 Å². The van der Waals surface area contributed by atoms with Crippen molar-refractivity contribution in [3.8, 4) is 5.75 Å². The zero-order valence-electron chi connectivity index (χ0n) is 17.1. The molecule has 1 saturated heterocycles. The van der Waals surface area contributed by atoms with Crippen LogP contribution in [0.15, 0.2) is 42.6 Å². The van der Waals surface area contributed by atoms with Gasteiger partial charge in [0.05, 0.1) is 12.2 Å². The van der Waals surface area contributed by atoms with Crippen LogP contribution in [0, 0.1) is 0 Å². The maximum absolute atomic E-state index is 12.6. The van der Waals surface area contributed by atoms with Crippen LogP contribution >= 0.6 is 0 Å². The Balaban J connectivity index is 1.54. The van der Waals surface area contributed by atoms with Crippen molar-refractivity contribution >= 4 is 23.5 Å². The Morgan fingerprint density at radius 1 is 1.10 bits per heavy atom. The number of carbonyl (C=O) groups is 2. The molecule has 1 aromatic heterocycles. The van der Waals surface area contributed by atoms with Crippen molar-refractivity contribution < 1.29 is 27.8 Å². The molecule has 0 atom stereocenters. The molecule has 31 heavy (non-hydrogen) atoms. The summed E-state index contributed by atoms with van der Waals surface area (Å²) in [4.78, 5) is 32.4. The summed E-state index contributed by atoms with van der Waals surface area (Å²) >= 11 is 0. The molecule has 3 rings (SSSR count). The number of pyridine rings is 1. The van der Waals surface area contributed by atoms with E-state index in [-0.39, 0.29) is 11.8 Å². The van der Waals surface area contributed by atoms with Crippen molar-refractivity contribution in [2.24, 2.45) is 0 Å². The molecule has 0 spiro atoms. The third kappa shape index (κ3) is 6.27. The second-order valence-electron chi connectivity index (χ2n) is 6.79. The number of ether oxygens (including phenoxy) is 2. The van der Waals surface area contributed by atoms with Gasteiger partial charge in [-0.1, -0.05) is 0 Å². The molecule has 8 nitrogen and oxygen atoms in total. The Hall–Kier alpha value is -3.43. The quantitative estimate of drug-likeness (QED) is 0.700. The zero-order valence-corrected chi connectivity index (χ0v) is 17.1. The maximum Gasteiger partial charge on any atom is 0.387 e. The number of nitrogens with zero attached hydrogens (tertiary/aromatic N) is 3. The summed E-state index contributed by atoms with van der Waals surface area (Å²) in [6.45, 7) is 1.51. The van der Waals surface area contributed by atoms with Gasteiger partial charge in [0, 0.05) is 38.1 Å². The van der Waals surface area contributed by atoms with E-state index >= 15 is 0 Å². The van der Waals surface area contributed by atoms with Crippen LogP contribution < -0.4 is 15.0 Å². The molecule has 166 valence electrons. The average molecular weight is 434 g/mol. The third-order valence-electron chi connectivity index (χ3n) is 4.70. The fraction of sp³-hybridized carbons (Fsp3) is 0.381. The summed E-state index contributed by atoms with van der Waals surface area (Å²) in [5.41, 5.74) is 0.885. The minimum Gasteiger partial charge on any atom is -0.462 e. The molecule has 0 bridgehead atoms. The van der Waals surface area contributed by atoms with Crippen LogP contribution in [0.25, 0.3) is 0 Å². The largest absolute Gasteiger partial charge is 0.462 e. The Bertz CT molecular complexity index is 878. The number of amides is 2. The smallest absolute Gasteiger partial charge is 0.387 e. The molecule has 1 aliphatic rings. The van der Waals surface area contributed by atoms with Crippen LogP contribution in [0.5, 0.6) is 5.75 Å². The van der Waals surface area contributed by atoms with Gasteiger partial charge >= 0.3 is 18.6 Å². The molecule has 10 heteroatoms. The first kappa shape index (κ1) is 22.3. The van der Waals surface area contributed by atoms with E-state index in [1.165, 1.54) is 30.5 Å². The standard InChI is InChI=1S/C21H24F2N4O4/c1-2-30-19(28)15-4-9-18(24-14-15)26-10-3-11-27(13-12-26)21(29)25-16-5-7-17(8-6-16)31-20(22)23/h4-9,14,20H,2-3,10-13H2,1H3,(H,25,29). The van der Waals surface area contributed by atoms with Gasteiger partial charge in [0.15, 0.2) is 0 Å². The van der Waals surface area contributed by atoms with Gasteiger partial charge in [0.1, 0.15) is 11.6 Å². The Kier molecular flexibility index (Phi) is 7.58. The molecule has 0 radical (unpaired) electrons. The van der Waals surface area contributed by atoms with Crippen LogP contribution in [0.3, 0.4) is 0 Å². The summed E-state index contributed by atoms with van der Waals surface area (Å²) in [5.74, 6) is 0.346. The number of anilines is 2. The molecule has 2 aromatic rings. The van der Waals surface area contributed by atoms with Crippen LogP contribution in [0.1, 0.15) is 23.7 Å². The number of benzene rings is 1. The number of carbonyl (C=O) groups excluding carboxylic acids is 2. The van der Waals surface area contributed by atoms with Crippen molar-refractivity contribution in [1.82, 2.24) is 9.88 Å². The molecule has 0 saturated carbocycles. The van der Waals surface area contributed by atoms with Crippen LogP contribution in [-0.4, -0.2) is 61.3 Å². The predicted molar refractivity (Wildman–Crippen MR) is 111 cm³/mol. The van der Waals surface area contributed by atoms with Crippen molar-refractivity contribution in [2.75, 3.05) is 43.0 Å². The van der Waals surface area contributed by atoms with E-state index in [0.29, 0.717) is 37.5 Å². The van der Waals surface area contributed by atoms with Gasteiger partial charge in [0.2, 0.25) is 0 Å². The van der Waals surface area contributed by atoms with Gasteiger partial charge in [-0.15, -0.1) is 0 Å². The minimum absolute atomic E-state index is 0.0277. The van der Waals surface area contributed by atoms with Crippen molar-refractivity contribution in [2.45, 2.75) is 20.0 Å². The highest BCUT2D eigenvalue weighted by atomic mass is 19.3. The number of esters is 1. The Labute approximate surface area is 178 Å². The number of rotatable bonds is 6. The van der Waals surface area contributed by atoms with Crippen LogP contribution in [0.4, 0.5) is 25.1 Å². The highest BCUT2D eigenvalue weighted by Gasteiger charge is 2.20. The van der Waals surface area contributed by atoms with E-state index in [2.05, 4.69) is 19.9 Å². The molecule has 0 aliphatic carbocycles. The average Bonchev–Trinajstić information content (AvgIpc) is 3.01. The fourth-order valence-corrected chi connectivity index (χ4v) is 3.18. The highest BCUT2D eigenvalue weighted by molar-refractivity contribution is 5.90. The second-order valence-corrected chi connectivity index (χ2v) is 6.79. The molecule has 1 N–H and O–H groups in total. The fourth-order valence-electron chi connectivity index (χ4n) is 3.18. The highest BCUT2D eigenvalue weighted by Crippen LogP contribution is 2.19. The number of nitrogens with one attached hydrogen (secondary N) is 1. The first-order valence-corrected chi connectivity index (χ1v) is 9.95. The van der Waals surface area contributed by atoms with E-state index in [1.807, 2.05) is 0 Å². The lowest BCUT2D eigenvalue weighted by atomic mass is 10.2. The minimum atomic E-state index is -2.89. The number of urea groups is 1. The molecule has 1 aliphatic heterocycles. The van der Waals surface area contributed by atoms with Crippen molar-refractivity contribution in [3.05, 3.63) is 48.2 Å². The van der Waals surface area contributed by atoms with Gasteiger partial charge in [-0.05, 0) is 49.7 Å². The lowest BCUT2D eigenvalue weighted by Gasteiger charge is -2.23. The monoisotopic (exact) mass is 434 g/mol. The van der Waals surface area contributed by atoms with Gasteiger partial charge in [-0.25, -0.2) is 14.6 Å². The molecule has 1 aromatic carbocycles. The van der Waals surface area contributed by atoms with E-state index in [1.54, 1.807) is 24.0 Å². The SMILES string of the molecule is CCOC(=O)c1ccc(N2CCCN(C(=O)Nc3ccc(OC(F)F)cc3)CC2)nc1. The predicted octanol–water partition coefficient (Wildman–Crippen LogP) is 3.60. The van der Waals surface area contributed by atoms with Crippen molar-refractivity contribution in [3.63, 3.8) is 0 Å². The van der Waals surface area contributed by atoms with Gasteiger partial charge in [-0.2, -0.15) is 8.78 Å². The zero-order chi connectivity index (χ0) is 22.2. The first-order valence-electron chi connectivity index (χ1n) is 9.95. The van der Waals surface area contributed by atoms with E-state index in [0.717, 1.165) is 18.8 Å². The van der Waals surface area contributed by atoms with E-state index < -0.39 is 12.6 Å². The van der Waals surface area contributed by atoms with Gasteiger partial charge in [-0.3, -0.25) is 0 Å². The first-order chi connectivity index (χ1) is 15.0. The molecule has 2 heterocycles. The number of aromatic nitrogens is 1. The van der Waals surface area contributed by atoms with E-state index in [4.69, 9.17) is 4.74 Å². The maximum atomic E-state index is 12.6. The molecular weight excluding hydrogens is 410 g/mol. The summed E-state index contributed by atoms with van der Waals surface area (Å²) in [7, 11) is 0. The van der Waals surface area contributed by atoms with Crippen molar-refractivity contribution in [1.29, 1.82) is 0 Å². The number of alkyl halides is 2. The summed E-state index contributed by atoms with van der Waals surface area (Å²) < 4.78 is 33.7. The molecule has 1 fully saturated rings. The summed E-state index contributed by atoms with van der Waals surface area (Å²) in [6, 6.07) is 8.94. The normalized spacial score (nSPS) is 14.2. The Morgan fingerprint density at radius 2 is 1.87 bits per heavy atom. The number of halogens is 2. The topological polar surface area (TPSA) is 84.0 Å². The number of hydrogen-bond donors (Lipinski definition) is 1. The van der Waals surface area contributed by atoms with Gasteiger partial charge in [0.25, 0.3) is 0 Å². The second kappa shape index (κ2) is 10.6. The summed E-state index contributed by atoms with van der Waals surface area (Å²) in [6.07, 6.45) is 2.24. The molecule has 2 amide bonds. The summed E-state index contributed by atoms with van der Waals surface area (Å²) in [5, 5.41) is 2.76. The van der Waals surface area contributed by atoms with Crippen LogP contribution in [-0.2, 0) is 4.74 Å². The Morgan fingerprint density at radius 3 is 2.52 bits per heavy atom. The molecular formula is C21H24F2N4O4.